The number of carbonyl (C=O) groups excluding carboxylic acids is 1. The molecule has 1 aliphatic heterocycles. The van der Waals surface area contributed by atoms with E-state index < -0.39 is 0 Å². The molecule has 0 saturated carbocycles. The highest BCUT2D eigenvalue weighted by Crippen LogP contribution is 2.32. The van der Waals surface area contributed by atoms with Crippen molar-refractivity contribution in [2.24, 2.45) is 0 Å². The molecule has 1 aliphatic rings. The zero-order valence-corrected chi connectivity index (χ0v) is 11.8. The zero-order valence-electron chi connectivity index (χ0n) is 11.8. The summed E-state index contributed by atoms with van der Waals surface area (Å²) in [5, 5.41) is 15.8. The highest BCUT2D eigenvalue weighted by molar-refractivity contribution is 5.97. The van der Waals surface area contributed by atoms with E-state index in [0.29, 0.717) is 0 Å². The number of pyridine rings is 1. The van der Waals surface area contributed by atoms with Gasteiger partial charge >= 0.3 is 0 Å². The van der Waals surface area contributed by atoms with Gasteiger partial charge < -0.3 is 15.7 Å². The maximum Gasteiger partial charge on any atom is 0.233 e. The molecule has 2 heterocycles. The van der Waals surface area contributed by atoms with Crippen molar-refractivity contribution < 1.29 is 9.90 Å². The van der Waals surface area contributed by atoms with Gasteiger partial charge in [-0.2, -0.15) is 0 Å². The van der Waals surface area contributed by atoms with Crippen molar-refractivity contribution in [2.45, 2.75) is 19.3 Å². The third-order valence-electron chi connectivity index (χ3n) is 3.66. The molecule has 0 saturated heterocycles. The van der Waals surface area contributed by atoms with E-state index in [4.69, 9.17) is 0 Å². The van der Waals surface area contributed by atoms with Crippen LogP contribution in [-0.4, -0.2) is 22.5 Å². The van der Waals surface area contributed by atoms with Crippen LogP contribution in [0.15, 0.2) is 36.4 Å². The van der Waals surface area contributed by atoms with E-state index in [1.54, 1.807) is 6.07 Å². The van der Waals surface area contributed by atoms with Crippen molar-refractivity contribution in [3.05, 3.63) is 47.7 Å². The minimum atomic E-state index is -0.232. The molecule has 1 aromatic heterocycles. The summed E-state index contributed by atoms with van der Waals surface area (Å²) < 4.78 is 0. The Morgan fingerprint density at radius 2 is 2.14 bits per heavy atom. The Hall–Kier alpha value is -2.56. The molecule has 0 bridgehead atoms. The largest absolute Gasteiger partial charge is 0.504 e. The predicted molar refractivity (Wildman–Crippen MR) is 81.6 cm³/mol. The summed E-state index contributed by atoms with van der Waals surface area (Å²) in [4.78, 5) is 16.7. The van der Waals surface area contributed by atoms with Crippen LogP contribution in [0.3, 0.4) is 0 Å². The summed E-state index contributed by atoms with van der Waals surface area (Å²) in [6.45, 7) is 2.57. The fourth-order valence-corrected chi connectivity index (χ4v) is 2.59. The molecule has 1 aromatic carbocycles. The molecule has 0 spiro atoms. The number of aryl methyl sites for hydroxylation is 1. The molecule has 5 heteroatoms. The van der Waals surface area contributed by atoms with Gasteiger partial charge in [0.25, 0.3) is 0 Å². The quantitative estimate of drug-likeness (QED) is 0.792. The average molecular weight is 283 g/mol. The van der Waals surface area contributed by atoms with E-state index in [-0.39, 0.29) is 23.4 Å². The number of hydrogen-bond donors (Lipinski definition) is 3. The highest BCUT2D eigenvalue weighted by Gasteiger charge is 2.26. The number of rotatable bonds is 2. The van der Waals surface area contributed by atoms with Gasteiger partial charge in [0, 0.05) is 17.9 Å². The lowest BCUT2D eigenvalue weighted by atomic mass is 9.90. The van der Waals surface area contributed by atoms with E-state index in [1.807, 2.05) is 31.2 Å². The summed E-state index contributed by atoms with van der Waals surface area (Å²) in [6, 6.07) is 11.0. The Morgan fingerprint density at radius 1 is 1.33 bits per heavy atom. The monoisotopic (exact) mass is 283 g/mol. The van der Waals surface area contributed by atoms with Gasteiger partial charge in [-0.25, -0.2) is 4.98 Å². The lowest BCUT2D eigenvalue weighted by Crippen LogP contribution is -2.27. The number of anilines is 2. The number of aromatic nitrogens is 1. The Bertz CT molecular complexity index is 685. The first kappa shape index (κ1) is 13.4. The maximum atomic E-state index is 12.5. The van der Waals surface area contributed by atoms with Gasteiger partial charge in [-0.3, -0.25) is 4.79 Å². The molecule has 108 valence electrons. The topological polar surface area (TPSA) is 74.2 Å². The van der Waals surface area contributed by atoms with Crippen molar-refractivity contribution >= 4 is 17.4 Å². The molecule has 1 atom stereocenters. The van der Waals surface area contributed by atoms with Gasteiger partial charge in [0.15, 0.2) is 11.6 Å². The van der Waals surface area contributed by atoms with Crippen molar-refractivity contribution in [1.29, 1.82) is 0 Å². The SMILES string of the molecule is Cc1ccc(O)c(NC(=O)C2CCNc3ccccc32)n1. The van der Waals surface area contributed by atoms with Crippen molar-refractivity contribution in [1.82, 2.24) is 4.98 Å². The maximum absolute atomic E-state index is 12.5. The molecule has 5 nitrogen and oxygen atoms in total. The van der Waals surface area contributed by atoms with Crippen molar-refractivity contribution in [3.8, 4) is 5.75 Å². The lowest BCUT2D eigenvalue weighted by molar-refractivity contribution is -0.117. The third kappa shape index (κ3) is 2.67. The Morgan fingerprint density at radius 3 is 3.00 bits per heavy atom. The summed E-state index contributed by atoms with van der Waals surface area (Å²) in [5.74, 6) is -0.173. The molecule has 1 unspecified atom stereocenters. The van der Waals surface area contributed by atoms with Crippen LogP contribution >= 0.6 is 0 Å². The fraction of sp³-hybridized carbons (Fsp3) is 0.250. The molecular weight excluding hydrogens is 266 g/mol. The zero-order chi connectivity index (χ0) is 14.8. The van der Waals surface area contributed by atoms with E-state index >= 15 is 0 Å². The molecular formula is C16H17N3O2. The Balaban J connectivity index is 1.85. The standard InChI is InChI=1S/C16H17N3O2/c1-10-6-7-14(20)15(18-10)19-16(21)12-8-9-17-13-5-3-2-4-11(12)13/h2-7,12,17,20H,8-9H2,1H3,(H,18,19,21). The number of fused-ring (bicyclic) bond motifs is 1. The Labute approximate surface area is 123 Å². The molecule has 0 radical (unpaired) electrons. The number of benzene rings is 1. The molecule has 21 heavy (non-hydrogen) atoms. The van der Waals surface area contributed by atoms with Crippen molar-refractivity contribution in [3.63, 3.8) is 0 Å². The molecule has 1 amide bonds. The highest BCUT2D eigenvalue weighted by atomic mass is 16.3. The van der Waals surface area contributed by atoms with Crippen LogP contribution in [0.25, 0.3) is 0 Å². The third-order valence-corrected chi connectivity index (χ3v) is 3.66. The van der Waals surface area contributed by atoms with Crippen LogP contribution in [0.2, 0.25) is 0 Å². The predicted octanol–water partition coefficient (Wildman–Crippen LogP) is 2.63. The summed E-state index contributed by atoms with van der Waals surface area (Å²) in [7, 11) is 0. The number of nitrogens with zero attached hydrogens (tertiary/aromatic N) is 1. The van der Waals surface area contributed by atoms with E-state index in [2.05, 4.69) is 15.6 Å². The molecule has 3 N–H and O–H groups in total. The van der Waals surface area contributed by atoms with Gasteiger partial charge in [0.1, 0.15) is 0 Å². The molecule has 0 fully saturated rings. The fourth-order valence-electron chi connectivity index (χ4n) is 2.59. The second-order valence-corrected chi connectivity index (χ2v) is 5.16. The van der Waals surface area contributed by atoms with Crippen LogP contribution in [0.4, 0.5) is 11.5 Å². The van der Waals surface area contributed by atoms with Gasteiger partial charge in [-0.05, 0) is 37.1 Å². The van der Waals surface area contributed by atoms with Crippen LogP contribution in [0.1, 0.15) is 23.6 Å². The first-order chi connectivity index (χ1) is 10.1. The normalized spacial score (nSPS) is 16.7. The number of aromatic hydroxyl groups is 1. The molecule has 3 rings (SSSR count). The smallest absolute Gasteiger partial charge is 0.233 e. The lowest BCUT2D eigenvalue weighted by Gasteiger charge is -2.25. The van der Waals surface area contributed by atoms with E-state index in [1.165, 1.54) is 6.07 Å². The number of para-hydroxylation sites is 1. The van der Waals surface area contributed by atoms with Crippen LogP contribution in [-0.2, 0) is 4.79 Å². The van der Waals surface area contributed by atoms with E-state index in [9.17, 15) is 9.90 Å². The number of amides is 1. The van der Waals surface area contributed by atoms with Gasteiger partial charge in [0.05, 0.1) is 5.92 Å². The number of carbonyl (C=O) groups is 1. The van der Waals surface area contributed by atoms with Gasteiger partial charge in [-0.15, -0.1) is 0 Å². The summed E-state index contributed by atoms with van der Waals surface area (Å²) in [5.41, 5.74) is 2.72. The number of nitrogens with one attached hydrogen (secondary N) is 2. The Kier molecular flexibility index (Phi) is 3.48. The van der Waals surface area contributed by atoms with E-state index in [0.717, 1.165) is 29.9 Å². The van der Waals surface area contributed by atoms with Gasteiger partial charge in [-0.1, -0.05) is 18.2 Å². The summed E-state index contributed by atoms with van der Waals surface area (Å²) in [6.07, 6.45) is 0.718. The first-order valence-electron chi connectivity index (χ1n) is 6.95. The average Bonchev–Trinajstić information content (AvgIpc) is 2.50. The minimum absolute atomic E-state index is 0.0174. The molecule has 0 aliphatic carbocycles. The minimum Gasteiger partial charge on any atom is -0.504 e. The molecule has 2 aromatic rings. The van der Waals surface area contributed by atoms with Crippen LogP contribution in [0, 0.1) is 6.92 Å². The summed E-state index contributed by atoms with van der Waals surface area (Å²) >= 11 is 0. The van der Waals surface area contributed by atoms with Crippen LogP contribution < -0.4 is 10.6 Å². The number of hydrogen-bond acceptors (Lipinski definition) is 4. The second-order valence-electron chi connectivity index (χ2n) is 5.16. The van der Waals surface area contributed by atoms with Gasteiger partial charge in [0.2, 0.25) is 5.91 Å². The van der Waals surface area contributed by atoms with Crippen molar-refractivity contribution in [2.75, 3.05) is 17.2 Å². The second kappa shape index (κ2) is 5.44. The first-order valence-corrected chi connectivity index (χ1v) is 6.95. The van der Waals surface area contributed by atoms with Crippen LogP contribution in [0.5, 0.6) is 5.75 Å².